The minimum Gasteiger partial charge on any atom is -0.370 e. The molecule has 0 atom stereocenters. The highest BCUT2D eigenvalue weighted by Crippen LogP contribution is 2.27. The third kappa shape index (κ3) is 4.54. The number of guanidine groups is 1. The Balaban J connectivity index is 2.73. The van der Waals surface area contributed by atoms with E-state index in [1.54, 1.807) is 0 Å². The summed E-state index contributed by atoms with van der Waals surface area (Å²) in [4.78, 5) is 6.57. The van der Waals surface area contributed by atoms with Gasteiger partial charge in [0.05, 0.1) is 11.2 Å². The van der Waals surface area contributed by atoms with Gasteiger partial charge in [-0.2, -0.15) is 0 Å². The smallest absolute Gasteiger partial charge is 0.191 e. The van der Waals surface area contributed by atoms with E-state index in [1.807, 2.05) is 0 Å². The molecule has 0 spiro atoms. The van der Waals surface area contributed by atoms with Crippen molar-refractivity contribution in [3.05, 3.63) is 0 Å². The molecule has 4 heteroatoms. The van der Waals surface area contributed by atoms with E-state index in [-0.39, 0.29) is 11.2 Å². The van der Waals surface area contributed by atoms with Crippen LogP contribution in [0, 0.1) is 5.92 Å². The minimum absolute atomic E-state index is 0.181. The van der Waals surface area contributed by atoms with Crippen LogP contribution in [-0.4, -0.2) is 41.7 Å². The number of morpholine rings is 1. The summed E-state index contributed by atoms with van der Waals surface area (Å²) in [5.74, 6) is 1.18. The molecule has 1 aliphatic rings. The molecule has 0 aliphatic carbocycles. The van der Waals surface area contributed by atoms with Gasteiger partial charge in [0.25, 0.3) is 0 Å². The minimum atomic E-state index is -0.181. The van der Waals surface area contributed by atoms with Crippen molar-refractivity contribution in [2.75, 3.05) is 19.6 Å². The molecule has 1 heterocycles. The second kappa shape index (κ2) is 4.84. The molecule has 0 aromatic carbocycles. The first-order valence-corrected chi connectivity index (χ1v) is 6.36. The number of nitrogens with zero attached hydrogens (tertiary/aromatic N) is 2. The van der Waals surface area contributed by atoms with E-state index in [1.165, 1.54) is 0 Å². The van der Waals surface area contributed by atoms with Gasteiger partial charge in [-0.3, -0.25) is 4.99 Å². The number of ether oxygens (including phenoxy) is 1. The van der Waals surface area contributed by atoms with Crippen LogP contribution in [0.4, 0.5) is 0 Å². The zero-order valence-corrected chi connectivity index (χ0v) is 12.1. The van der Waals surface area contributed by atoms with E-state index >= 15 is 0 Å². The summed E-state index contributed by atoms with van der Waals surface area (Å²) in [6.07, 6.45) is 0. The van der Waals surface area contributed by atoms with E-state index in [9.17, 15) is 0 Å². The van der Waals surface area contributed by atoms with Gasteiger partial charge in [0.15, 0.2) is 5.96 Å². The molecule has 0 bridgehead atoms. The van der Waals surface area contributed by atoms with Crippen LogP contribution in [-0.2, 0) is 4.74 Å². The second-order valence-corrected chi connectivity index (χ2v) is 6.57. The van der Waals surface area contributed by atoms with Gasteiger partial charge in [-0.15, -0.1) is 0 Å². The molecule has 1 fully saturated rings. The van der Waals surface area contributed by atoms with Gasteiger partial charge in [-0.25, -0.2) is 0 Å². The van der Waals surface area contributed by atoms with E-state index in [0.29, 0.717) is 11.9 Å². The molecule has 0 unspecified atom stereocenters. The molecular formula is C13H27N3O. The third-order valence-corrected chi connectivity index (χ3v) is 2.64. The summed E-state index contributed by atoms with van der Waals surface area (Å²) in [6.45, 7) is 15.0. The van der Waals surface area contributed by atoms with Gasteiger partial charge in [0.2, 0.25) is 0 Å². The molecule has 0 saturated carbocycles. The molecule has 17 heavy (non-hydrogen) atoms. The van der Waals surface area contributed by atoms with Gasteiger partial charge >= 0.3 is 0 Å². The fourth-order valence-electron chi connectivity index (χ4n) is 2.33. The number of rotatable bonds is 2. The maximum Gasteiger partial charge on any atom is 0.191 e. The van der Waals surface area contributed by atoms with Gasteiger partial charge in [0, 0.05) is 19.6 Å². The molecule has 2 N–H and O–H groups in total. The quantitative estimate of drug-likeness (QED) is 0.593. The van der Waals surface area contributed by atoms with Crippen molar-refractivity contribution in [2.24, 2.45) is 16.6 Å². The number of aliphatic imine (C=N–C) groups is 1. The maximum atomic E-state index is 6.06. The Hall–Kier alpha value is -0.770. The Morgan fingerprint density at radius 1 is 1.24 bits per heavy atom. The second-order valence-electron chi connectivity index (χ2n) is 6.57. The van der Waals surface area contributed by atoms with E-state index < -0.39 is 0 Å². The summed E-state index contributed by atoms with van der Waals surface area (Å²) in [6, 6.07) is 0. The Kier molecular flexibility index (Phi) is 4.07. The van der Waals surface area contributed by atoms with Gasteiger partial charge in [-0.05, 0) is 33.6 Å². The van der Waals surface area contributed by atoms with E-state index in [0.717, 1.165) is 19.6 Å². The zero-order valence-electron chi connectivity index (χ0n) is 12.1. The number of hydrogen-bond donors (Lipinski definition) is 1. The standard InChI is InChI=1S/C13H27N3O/c1-10(2)7-15-11(14)16-8-12(3,4)17-13(5,6)9-16/h10H,7-9H2,1-6H3,(H2,14,15). The zero-order chi connectivity index (χ0) is 13.3. The molecule has 0 amide bonds. The van der Waals surface area contributed by atoms with Crippen LogP contribution in [0.2, 0.25) is 0 Å². The summed E-state index contributed by atoms with van der Waals surface area (Å²) in [7, 11) is 0. The molecule has 1 aliphatic heterocycles. The first kappa shape index (κ1) is 14.3. The first-order valence-electron chi connectivity index (χ1n) is 6.36. The van der Waals surface area contributed by atoms with Crippen LogP contribution in [0.25, 0.3) is 0 Å². The van der Waals surface area contributed by atoms with Crippen molar-refractivity contribution < 1.29 is 4.74 Å². The molecule has 0 aromatic heterocycles. The Bertz CT molecular complexity index is 279. The van der Waals surface area contributed by atoms with Crippen LogP contribution < -0.4 is 5.73 Å². The summed E-state index contributed by atoms with van der Waals surface area (Å²) in [5, 5.41) is 0. The van der Waals surface area contributed by atoms with Crippen LogP contribution in [0.5, 0.6) is 0 Å². The van der Waals surface area contributed by atoms with E-state index in [2.05, 4.69) is 51.4 Å². The van der Waals surface area contributed by atoms with Crippen molar-refractivity contribution in [1.29, 1.82) is 0 Å². The molecule has 4 nitrogen and oxygen atoms in total. The molecule has 0 radical (unpaired) electrons. The summed E-state index contributed by atoms with van der Waals surface area (Å²) >= 11 is 0. The topological polar surface area (TPSA) is 50.8 Å². The normalized spacial score (nSPS) is 24.2. The van der Waals surface area contributed by atoms with Gasteiger partial charge in [0.1, 0.15) is 0 Å². The van der Waals surface area contributed by atoms with Crippen molar-refractivity contribution in [3.8, 4) is 0 Å². The lowest BCUT2D eigenvalue weighted by molar-refractivity contribution is -0.167. The predicted octanol–water partition coefficient (Wildman–Crippen LogP) is 1.85. The largest absolute Gasteiger partial charge is 0.370 e. The average Bonchev–Trinajstić information content (AvgIpc) is 2.08. The monoisotopic (exact) mass is 241 g/mol. The summed E-state index contributed by atoms with van der Waals surface area (Å²) in [5.41, 5.74) is 5.70. The maximum absolute atomic E-state index is 6.06. The Labute approximate surface area is 105 Å². The third-order valence-electron chi connectivity index (χ3n) is 2.64. The molecule has 0 aromatic rings. The fraction of sp³-hybridized carbons (Fsp3) is 0.923. The van der Waals surface area contributed by atoms with Gasteiger partial charge in [-0.1, -0.05) is 13.8 Å². The molecule has 100 valence electrons. The van der Waals surface area contributed by atoms with Crippen molar-refractivity contribution in [3.63, 3.8) is 0 Å². The van der Waals surface area contributed by atoms with Crippen LogP contribution in [0.1, 0.15) is 41.5 Å². The molecule has 1 saturated heterocycles. The number of nitrogens with two attached hydrogens (primary N) is 1. The molecule has 1 rings (SSSR count). The lowest BCUT2D eigenvalue weighted by atomic mass is 9.99. The average molecular weight is 241 g/mol. The SMILES string of the molecule is CC(C)CN=C(N)N1CC(C)(C)OC(C)(C)C1. The van der Waals surface area contributed by atoms with E-state index in [4.69, 9.17) is 10.5 Å². The fourth-order valence-corrected chi connectivity index (χ4v) is 2.33. The van der Waals surface area contributed by atoms with Crippen molar-refractivity contribution in [2.45, 2.75) is 52.7 Å². The first-order chi connectivity index (χ1) is 7.61. The summed E-state index contributed by atoms with van der Waals surface area (Å²) < 4.78 is 6.01. The van der Waals surface area contributed by atoms with Gasteiger partial charge < -0.3 is 15.4 Å². The lowest BCUT2D eigenvalue weighted by Gasteiger charge is -2.47. The Morgan fingerprint density at radius 2 is 1.71 bits per heavy atom. The highest BCUT2D eigenvalue weighted by atomic mass is 16.5. The van der Waals surface area contributed by atoms with Crippen molar-refractivity contribution >= 4 is 5.96 Å². The molecular weight excluding hydrogens is 214 g/mol. The highest BCUT2D eigenvalue weighted by molar-refractivity contribution is 5.78. The highest BCUT2D eigenvalue weighted by Gasteiger charge is 2.38. The van der Waals surface area contributed by atoms with Crippen LogP contribution in [0.3, 0.4) is 0 Å². The van der Waals surface area contributed by atoms with Crippen LogP contribution in [0.15, 0.2) is 4.99 Å². The number of hydrogen-bond acceptors (Lipinski definition) is 2. The lowest BCUT2D eigenvalue weighted by Crippen LogP contribution is -2.60. The predicted molar refractivity (Wildman–Crippen MR) is 72.1 cm³/mol. The van der Waals surface area contributed by atoms with Crippen LogP contribution >= 0.6 is 0 Å². The Morgan fingerprint density at radius 3 is 2.12 bits per heavy atom. The van der Waals surface area contributed by atoms with Crippen molar-refractivity contribution in [1.82, 2.24) is 4.90 Å².